The summed E-state index contributed by atoms with van der Waals surface area (Å²) in [6, 6.07) is 20.6. The molecule has 186 valence electrons. The van der Waals surface area contributed by atoms with E-state index in [1.165, 1.54) is 0 Å². The van der Waals surface area contributed by atoms with Gasteiger partial charge in [0.2, 0.25) is 0 Å². The van der Waals surface area contributed by atoms with Gasteiger partial charge in [-0.1, -0.05) is 0 Å². The largest absolute Gasteiger partial charge is 0.508 e. The highest BCUT2D eigenvalue weighted by atomic mass is 16.5. The number of benzene rings is 4. The minimum atomic E-state index is 0.183. The molecule has 0 atom stereocenters. The van der Waals surface area contributed by atoms with E-state index in [9.17, 15) is 10.2 Å². The number of phenolic OH excluding ortho intramolecular Hbond substituents is 2. The molecule has 4 aromatic rings. The smallest absolute Gasteiger partial charge is 0.148 e. The van der Waals surface area contributed by atoms with Crippen molar-refractivity contribution in [2.75, 3.05) is 7.11 Å². The van der Waals surface area contributed by atoms with E-state index in [2.05, 4.69) is 30.7 Å². The first-order valence-electron chi connectivity index (χ1n) is 11.5. The van der Waals surface area contributed by atoms with E-state index in [1.807, 2.05) is 26.8 Å². The minimum absolute atomic E-state index is 0.183. The Kier molecular flexibility index (Phi) is 7.63. The van der Waals surface area contributed by atoms with Crippen molar-refractivity contribution in [2.24, 2.45) is 30.7 Å². The average Bonchev–Trinajstić information content (AvgIpc) is 2.87. The molecule has 9 heteroatoms. The van der Waals surface area contributed by atoms with Crippen LogP contribution in [0.3, 0.4) is 0 Å². The number of rotatable bonds is 7. The van der Waals surface area contributed by atoms with Gasteiger partial charge in [-0.25, -0.2) is 0 Å². The van der Waals surface area contributed by atoms with Crippen molar-refractivity contribution in [3.05, 3.63) is 89.5 Å². The zero-order valence-corrected chi connectivity index (χ0v) is 20.9. The number of hydrogen-bond donors (Lipinski definition) is 2. The van der Waals surface area contributed by atoms with Gasteiger partial charge in [0.25, 0.3) is 0 Å². The number of methoxy groups -OCH3 is 1. The fraction of sp³-hybridized carbons (Fsp3) is 0.143. The van der Waals surface area contributed by atoms with Crippen LogP contribution in [0, 0.1) is 20.8 Å². The Morgan fingerprint density at radius 1 is 0.486 bits per heavy atom. The lowest BCUT2D eigenvalue weighted by molar-refractivity contribution is 0.416. The highest BCUT2D eigenvalue weighted by Crippen LogP contribution is 2.37. The molecular formula is C28H26N6O3. The molecule has 0 radical (unpaired) electrons. The van der Waals surface area contributed by atoms with Crippen molar-refractivity contribution in [1.82, 2.24) is 0 Å². The molecule has 37 heavy (non-hydrogen) atoms. The molecule has 0 fully saturated rings. The monoisotopic (exact) mass is 494 g/mol. The molecule has 4 aromatic carbocycles. The molecule has 0 saturated carbocycles. The highest BCUT2D eigenvalue weighted by molar-refractivity contribution is 5.63. The van der Waals surface area contributed by atoms with Gasteiger partial charge in [-0.3, -0.25) is 0 Å². The quantitative estimate of drug-likeness (QED) is 0.249. The summed E-state index contributed by atoms with van der Waals surface area (Å²) in [5.74, 6) is 0.894. The molecule has 0 bridgehead atoms. The summed E-state index contributed by atoms with van der Waals surface area (Å²) >= 11 is 0. The Labute approximate surface area is 214 Å². The molecule has 0 heterocycles. The van der Waals surface area contributed by atoms with Crippen molar-refractivity contribution in [1.29, 1.82) is 0 Å². The van der Waals surface area contributed by atoms with Crippen LogP contribution in [0.2, 0.25) is 0 Å². The first-order valence-corrected chi connectivity index (χ1v) is 11.5. The van der Waals surface area contributed by atoms with E-state index in [0.717, 1.165) is 16.7 Å². The van der Waals surface area contributed by atoms with Crippen LogP contribution in [0.15, 0.2) is 103 Å². The average molecular weight is 495 g/mol. The van der Waals surface area contributed by atoms with E-state index in [0.29, 0.717) is 39.9 Å². The van der Waals surface area contributed by atoms with Crippen LogP contribution in [-0.4, -0.2) is 17.3 Å². The Bertz CT molecular complexity index is 1510. The number of aryl methyl sites for hydroxylation is 3. The third kappa shape index (κ3) is 6.40. The standard InChI is InChI=1S/C28H26N6O3/c1-17-13-22(35)9-11-24(17)31-29-20-5-7-21(8-6-20)30-33-26-16-28(37-4)27(15-19(26)3)34-32-25-12-10-23(36)14-18(25)2/h5-16,35-36H,1-4H3/b31-29?,33-30+,34-32?. The second kappa shape index (κ2) is 11.2. The summed E-state index contributed by atoms with van der Waals surface area (Å²) in [5, 5.41) is 44.9. The minimum Gasteiger partial charge on any atom is -0.508 e. The normalized spacial score (nSPS) is 11.7. The van der Waals surface area contributed by atoms with E-state index >= 15 is 0 Å². The van der Waals surface area contributed by atoms with Crippen LogP contribution in [0.5, 0.6) is 17.2 Å². The lowest BCUT2D eigenvalue weighted by atomic mass is 10.1. The third-order valence-electron chi connectivity index (χ3n) is 5.52. The van der Waals surface area contributed by atoms with Crippen molar-refractivity contribution in [3.63, 3.8) is 0 Å². The predicted octanol–water partition coefficient (Wildman–Crippen LogP) is 9.28. The molecule has 2 N–H and O–H groups in total. The molecule has 0 amide bonds. The Hall–Kier alpha value is -4.92. The lowest BCUT2D eigenvalue weighted by Crippen LogP contribution is -1.85. The fourth-order valence-corrected chi connectivity index (χ4v) is 3.43. The fourth-order valence-electron chi connectivity index (χ4n) is 3.43. The van der Waals surface area contributed by atoms with Gasteiger partial charge in [0.1, 0.15) is 22.9 Å². The van der Waals surface area contributed by atoms with E-state index in [1.54, 1.807) is 73.8 Å². The van der Waals surface area contributed by atoms with Gasteiger partial charge in [-0.05, 0) is 104 Å². The van der Waals surface area contributed by atoms with Crippen LogP contribution in [0.25, 0.3) is 0 Å². The van der Waals surface area contributed by atoms with Crippen molar-refractivity contribution in [2.45, 2.75) is 20.8 Å². The van der Waals surface area contributed by atoms with Crippen LogP contribution in [0.1, 0.15) is 16.7 Å². The van der Waals surface area contributed by atoms with Gasteiger partial charge >= 0.3 is 0 Å². The topological polar surface area (TPSA) is 124 Å². The first-order chi connectivity index (χ1) is 17.8. The van der Waals surface area contributed by atoms with E-state index in [4.69, 9.17) is 4.74 Å². The van der Waals surface area contributed by atoms with Crippen molar-refractivity contribution < 1.29 is 14.9 Å². The zero-order valence-electron chi connectivity index (χ0n) is 20.9. The molecule has 0 saturated heterocycles. The van der Waals surface area contributed by atoms with Crippen molar-refractivity contribution >= 4 is 34.1 Å². The summed E-state index contributed by atoms with van der Waals surface area (Å²) in [6.45, 7) is 5.63. The Morgan fingerprint density at radius 3 is 1.41 bits per heavy atom. The lowest BCUT2D eigenvalue weighted by Gasteiger charge is -2.07. The molecule has 0 spiro atoms. The van der Waals surface area contributed by atoms with Gasteiger partial charge in [0, 0.05) is 6.07 Å². The maximum atomic E-state index is 9.57. The van der Waals surface area contributed by atoms with E-state index < -0.39 is 0 Å². The summed E-state index contributed by atoms with van der Waals surface area (Å²) in [4.78, 5) is 0. The molecule has 0 unspecified atom stereocenters. The molecule has 9 nitrogen and oxygen atoms in total. The van der Waals surface area contributed by atoms with Crippen LogP contribution in [-0.2, 0) is 0 Å². The van der Waals surface area contributed by atoms with Gasteiger partial charge in [0.15, 0.2) is 0 Å². The molecule has 0 aliphatic heterocycles. The molecule has 0 aliphatic rings. The van der Waals surface area contributed by atoms with Gasteiger partial charge in [0.05, 0.1) is 35.5 Å². The third-order valence-corrected chi connectivity index (χ3v) is 5.52. The second-order valence-electron chi connectivity index (χ2n) is 8.37. The number of phenols is 2. The van der Waals surface area contributed by atoms with Gasteiger partial charge in [-0.2, -0.15) is 25.6 Å². The molecule has 0 aromatic heterocycles. The second-order valence-corrected chi connectivity index (χ2v) is 8.37. The summed E-state index contributed by atoms with van der Waals surface area (Å²) < 4.78 is 5.49. The van der Waals surface area contributed by atoms with Gasteiger partial charge in [-0.15, -0.1) is 5.11 Å². The molecular weight excluding hydrogens is 468 g/mol. The summed E-state index contributed by atoms with van der Waals surface area (Å²) in [5.41, 5.74) is 6.38. The van der Waals surface area contributed by atoms with Gasteiger partial charge < -0.3 is 14.9 Å². The van der Waals surface area contributed by atoms with Crippen LogP contribution < -0.4 is 4.74 Å². The number of azo groups is 3. The summed E-state index contributed by atoms with van der Waals surface area (Å²) in [7, 11) is 1.56. The van der Waals surface area contributed by atoms with Crippen LogP contribution in [0.4, 0.5) is 34.1 Å². The molecule has 0 aliphatic carbocycles. The number of nitrogens with zero attached hydrogens (tertiary/aromatic N) is 6. The Morgan fingerprint density at radius 2 is 0.919 bits per heavy atom. The number of hydrogen-bond acceptors (Lipinski definition) is 9. The van der Waals surface area contributed by atoms with Crippen molar-refractivity contribution in [3.8, 4) is 17.2 Å². The Balaban J connectivity index is 1.49. The number of aromatic hydroxyl groups is 2. The maximum Gasteiger partial charge on any atom is 0.148 e. The highest BCUT2D eigenvalue weighted by Gasteiger charge is 2.09. The predicted molar refractivity (Wildman–Crippen MR) is 142 cm³/mol. The SMILES string of the molecule is COc1cc(/N=N/c2ccc(N=Nc3ccc(O)cc3C)cc2)c(C)cc1N=Nc1ccc(O)cc1C. The summed E-state index contributed by atoms with van der Waals surface area (Å²) in [6.07, 6.45) is 0. The first kappa shape index (κ1) is 25.2. The number of ether oxygens (including phenoxy) is 1. The zero-order chi connectivity index (χ0) is 26.4. The van der Waals surface area contributed by atoms with E-state index in [-0.39, 0.29) is 11.5 Å². The molecule has 4 rings (SSSR count). The van der Waals surface area contributed by atoms with Crippen LogP contribution >= 0.6 is 0 Å². The maximum absolute atomic E-state index is 9.57.